The molecule has 0 spiro atoms. The number of aliphatic hydroxyl groups is 1. The fourth-order valence-electron chi connectivity index (χ4n) is 1.00. The van der Waals surface area contributed by atoms with Gasteiger partial charge in [-0.2, -0.15) is 0 Å². The van der Waals surface area contributed by atoms with Crippen molar-refractivity contribution >= 4 is 9.84 Å². The summed E-state index contributed by atoms with van der Waals surface area (Å²) in [5.41, 5.74) is 0. The molecule has 0 radical (unpaired) electrons. The third-order valence-corrected chi connectivity index (χ3v) is 2.47. The molecule has 5 heteroatoms. The van der Waals surface area contributed by atoms with Crippen LogP contribution in [0.5, 0.6) is 0 Å². The molecule has 13 heavy (non-hydrogen) atoms. The van der Waals surface area contributed by atoms with E-state index in [0.29, 0.717) is 11.5 Å². The van der Waals surface area contributed by atoms with Gasteiger partial charge in [0.1, 0.15) is 27.5 Å². The van der Waals surface area contributed by atoms with Crippen LogP contribution in [0, 0.1) is 6.92 Å². The van der Waals surface area contributed by atoms with Crippen LogP contribution in [0.1, 0.15) is 17.6 Å². The third-order valence-electron chi connectivity index (χ3n) is 1.55. The molecular formula is C8H12O4S. The SMILES string of the molecule is Cc1ccc(C(O)CS(C)(=O)=O)o1. The molecule has 0 aliphatic rings. The minimum atomic E-state index is -3.17. The zero-order valence-corrected chi connectivity index (χ0v) is 8.34. The molecule has 1 N–H and O–H groups in total. The molecule has 1 heterocycles. The van der Waals surface area contributed by atoms with Crippen molar-refractivity contribution < 1.29 is 17.9 Å². The predicted octanol–water partition coefficient (Wildman–Crippen LogP) is 0.666. The lowest BCUT2D eigenvalue weighted by molar-refractivity contribution is 0.170. The van der Waals surface area contributed by atoms with Gasteiger partial charge in [0.05, 0.1) is 5.75 Å². The van der Waals surface area contributed by atoms with Crippen LogP contribution >= 0.6 is 0 Å². The molecule has 0 amide bonds. The second kappa shape index (κ2) is 3.51. The first-order valence-electron chi connectivity index (χ1n) is 3.80. The van der Waals surface area contributed by atoms with Crippen LogP contribution in [0.15, 0.2) is 16.5 Å². The Morgan fingerprint density at radius 2 is 2.15 bits per heavy atom. The molecule has 0 fully saturated rings. The molecule has 1 rings (SSSR count). The van der Waals surface area contributed by atoms with Crippen molar-refractivity contribution in [3.63, 3.8) is 0 Å². The Hall–Kier alpha value is -0.810. The third kappa shape index (κ3) is 3.20. The normalized spacial score (nSPS) is 14.4. The summed E-state index contributed by atoms with van der Waals surface area (Å²) in [4.78, 5) is 0. The van der Waals surface area contributed by atoms with Gasteiger partial charge < -0.3 is 9.52 Å². The van der Waals surface area contributed by atoms with Gasteiger partial charge in [0, 0.05) is 6.26 Å². The first-order valence-corrected chi connectivity index (χ1v) is 5.86. The Morgan fingerprint density at radius 1 is 1.54 bits per heavy atom. The molecule has 4 nitrogen and oxygen atoms in total. The molecule has 0 aliphatic heterocycles. The van der Waals surface area contributed by atoms with Gasteiger partial charge in [0.25, 0.3) is 0 Å². The molecule has 1 aromatic rings. The molecule has 0 saturated heterocycles. The Labute approximate surface area is 77.1 Å². The molecule has 0 aromatic carbocycles. The average Bonchev–Trinajstić information content (AvgIpc) is 2.31. The van der Waals surface area contributed by atoms with E-state index >= 15 is 0 Å². The number of aryl methyl sites for hydroxylation is 1. The van der Waals surface area contributed by atoms with E-state index in [2.05, 4.69) is 0 Å². The quantitative estimate of drug-likeness (QED) is 0.785. The molecule has 1 unspecified atom stereocenters. The predicted molar refractivity (Wildman–Crippen MR) is 48.1 cm³/mol. The summed E-state index contributed by atoms with van der Waals surface area (Å²) in [6.45, 7) is 1.73. The summed E-state index contributed by atoms with van der Waals surface area (Å²) < 4.78 is 26.7. The van der Waals surface area contributed by atoms with Crippen LogP contribution in [0.2, 0.25) is 0 Å². The summed E-state index contributed by atoms with van der Waals surface area (Å²) in [6, 6.07) is 3.26. The van der Waals surface area contributed by atoms with Crippen LogP contribution < -0.4 is 0 Å². The first kappa shape index (κ1) is 10.3. The summed E-state index contributed by atoms with van der Waals surface area (Å²) >= 11 is 0. The van der Waals surface area contributed by atoms with E-state index in [1.54, 1.807) is 19.1 Å². The number of hydrogen-bond donors (Lipinski definition) is 1. The molecule has 0 aliphatic carbocycles. The van der Waals surface area contributed by atoms with Crippen molar-refractivity contribution in [2.75, 3.05) is 12.0 Å². The van der Waals surface area contributed by atoms with Crippen LogP contribution in [-0.2, 0) is 9.84 Å². The maximum atomic E-state index is 10.8. The van der Waals surface area contributed by atoms with Crippen molar-refractivity contribution in [2.24, 2.45) is 0 Å². The minimum Gasteiger partial charge on any atom is -0.464 e. The van der Waals surface area contributed by atoms with Crippen molar-refractivity contribution in [2.45, 2.75) is 13.0 Å². The standard InChI is InChI=1S/C8H12O4S/c1-6-3-4-8(12-6)7(9)5-13(2,10)11/h3-4,7,9H,5H2,1-2H3. The topological polar surface area (TPSA) is 67.5 Å². The van der Waals surface area contributed by atoms with Gasteiger partial charge in [0.15, 0.2) is 0 Å². The van der Waals surface area contributed by atoms with Crippen molar-refractivity contribution in [3.05, 3.63) is 23.7 Å². The molecule has 1 aromatic heterocycles. The van der Waals surface area contributed by atoms with Gasteiger partial charge in [-0.25, -0.2) is 8.42 Å². The van der Waals surface area contributed by atoms with Crippen LogP contribution in [0.3, 0.4) is 0 Å². The van der Waals surface area contributed by atoms with Crippen LogP contribution in [0.4, 0.5) is 0 Å². The van der Waals surface area contributed by atoms with Gasteiger partial charge in [0.2, 0.25) is 0 Å². The van der Waals surface area contributed by atoms with E-state index in [1.165, 1.54) is 0 Å². The van der Waals surface area contributed by atoms with Gasteiger partial charge in [-0.15, -0.1) is 0 Å². The van der Waals surface area contributed by atoms with Gasteiger partial charge >= 0.3 is 0 Å². The number of rotatable bonds is 3. The number of aliphatic hydroxyl groups excluding tert-OH is 1. The minimum absolute atomic E-state index is 0.294. The summed E-state index contributed by atoms with van der Waals surface area (Å²) in [7, 11) is -3.17. The zero-order chi connectivity index (χ0) is 10.1. The first-order chi connectivity index (χ1) is 5.88. The Morgan fingerprint density at radius 3 is 2.54 bits per heavy atom. The Balaban J connectivity index is 2.75. The monoisotopic (exact) mass is 204 g/mol. The van der Waals surface area contributed by atoms with Crippen molar-refractivity contribution in [1.82, 2.24) is 0 Å². The van der Waals surface area contributed by atoms with Crippen molar-refractivity contribution in [3.8, 4) is 0 Å². The molecule has 0 bridgehead atoms. The summed E-state index contributed by atoms with van der Waals surface area (Å²) in [6.07, 6.45) is 0.00940. The van der Waals surface area contributed by atoms with E-state index < -0.39 is 15.9 Å². The number of sulfone groups is 1. The van der Waals surface area contributed by atoms with E-state index in [1.807, 2.05) is 0 Å². The molecule has 0 saturated carbocycles. The average molecular weight is 204 g/mol. The summed E-state index contributed by atoms with van der Waals surface area (Å²) in [5.74, 6) is 0.644. The largest absolute Gasteiger partial charge is 0.464 e. The van der Waals surface area contributed by atoms with Gasteiger partial charge in [-0.05, 0) is 19.1 Å². The van der Waals surface area contributed by atoms with E-state index in [4.69, 9.17) is 4.42 Å². The lowest BCUT2D eigenvalue weighted by atomic mass is 10.3. The van der Waals surface area contributed by atoms with Crippen LogP contribution in [0.25, 0.3) is 0 Å². The van der Waals surface area contributed by atoms with Crippen LogP contribution in [-0.4, -0.2) is 25.5 Å². The maximum absolute atomic E-state index is 10.8. The zero-order valence-electron chi connectivity index (χ0n) is 7.52. The molecular weight excluding hydrogens is 192 g/mol. The highest BCUT2D eigenvalue weighted by Gasteiger charge is 2.16. The van der Waals surface area contributed by atoms with Gasteiger partial charge in [-0.3, -0.25) is 0 Å². The second-order valence-electron chi connectivity index (χ2n) is 3.06. The maximum Gasteiger partial charge on any atom is 0.150 e. The van der Waals surface area contributed by atoms with Crippen molar-refractivity contribution in [1.29, 1.82) is 0 Å². The fourth-order valence-corrected chi connectivity index (χ4v) is 1.74. The molecule has 1 atom stereocenters. The number of hydrogen-bond acceptors (Lipinski definition) is 4. The van der Waals surface area contributed by atoms with E-state index in [9.17, 15) is 13.5 Å². The highest BCUT2D eigenvalue weighted by molar-refractivity contribution is 7.90. The fraction of sp³-hybridized carbons (Fsp3) is 0.500. The summed E-state index contributed by atoms with van der Waals surface area (Å²) in [5, 5.41) is 9.40. The molecule has 74 valence electrons. The van der Waals surface area contributed by atoms with E-state index in [-0.39, 0.29) is 5.75 Å². The smallest absolute Gasteiger partial charge is 0.150 e. The van der Waals surface area contributed by atoms with E-state index in [0.717, 1.165) is 6.26 Å². The Kier molecular flexibility index (Phi) is 2.77. The highest BCUT2D eigenvalue weighted by atomic mass is 32.2. The lowest BCUT2D eigenvalue weighted by Gasteiger charge is -2.04. The Bertz CT molecular complexity index is 377. The van der Waals surface area contributed by atoms with Gasteiger partial charge in [-0.1, -0.05) is 0 Å². The highest BCUT2D eigenvalue weighted by Crippen LogP contribution is 2.17. The lowest BCUT2D eigenvalue weighted by Crippen LogP contribution is -2.11. The second-order valence-corrected chi connectivity index (χ2v) is 5.24. The number of furan rings is 1.